The monoisotopic (exact) mass is 300 g/mol. The molecule has 22 heavy (non-hydrogen) atoms. The number of likely N-dealkylation sites (tertiary alicyclic amines) is 1. The minimum Gasteiger partial charge on any atom is -0.481 e. The smallest absolute Gasteiger partial charge is 0.213 e. The zero-order chi connectivity index (χ0) is 15.5. The molecule has 116 valence electrons. The molecule has 0 aliphatic carbocycles. The molecule has 3 nitrogen and oxygen atoms in total. The Morgan fingerprint density at radius 2 is 2.14 bits per heavy atom. The van der Waals surface area contributed by atoms with Gasteiger partial charge in [0.15, 0.2) is 0 Å². The Balaban J connectivity index is 1.97. The minimum absolute atomic E-state index is 0.317. The van der Waals surface area contributed by atoms with E-state index in [9.17, 15) is 4.39 Å². The van der Waals surface area contributed by atoms with Gasteiger partial charge in [0.1, 0.15) is 5.82 Å². The number of ether oxygens (including phenoxy) is 1. The summed E-state index contributed by atoms with van der Waals surface area (Å²) >= 11 is 0. The third kappa shape index (κ3) is 2.97. The first kappa shape index (κ1) is 15.0. The number of aromatic nitrogens is 1. The summed E-state index contributed by atoms with van der Waals surface area (Å²) in [5.41, 5.74) is 2.61. The summed E-state index contributed by atoms with van der Waals surface area (Å²) in [6.45, 7) is 4.21. The van der Waals surface area contributed by atoms with E-state index in [1.807, 2.05) is 18.2 Å². The van der Waals surface area contributed by atoms with Gasteiger partial charge in [0, 0.05) is 24.2 Å². The molecule has 1 aromatic carbocycles. The van der Waals surface area contributed by atoms with Gasteiger partial charge in [-0.05, 0) is 37.4 Å². The van der Waals surface area contributed by atoms with Crippen LogP contribution in [0.5, 0.6) is 5.88 Å². The zero-order valence-corrected chi connectivity index (χ0v) is 13.1. The van der Waals surface area contributed by atoms with Crippen molar-refractivity contribution in [3.63, 3.8) is 0 Å². The van der Waals surface area contributed by atoms with E-state index >= 15 is 0 Å². The minimum atomic E-state index is -0.317. The first-order valence-corrected chi connectivity index (χ1v) is 7.71. The Morgan fingerprint density at radius 3 is 2.86 bits per heavy atom. The molecule has 1 fully saturated rings. The molecular weight excluding hydrogens is 279 g/mol. The molecule has 3 rings (SSSR count). The van der Waals surface area contributed by atoms with Crippen molar-refractivity contribution in [1.82, 2.24) is 9.88 Å². The van der Waals surface area contributed by atoms with Crippen LogP contribution in [0.4, 0.5) is 4.39 Å². The number of hydrogen-bond acceptors (Lipinski definition) is 3. The van der Waals surface area contributed by atoms with Crippen LogP contribution in [0, 0.1) is 5.82 Å². The number of hydrogen-bond donors (Lipinski definition) is 0. The Kier molecular flexibility index (Phi) is 4.39. The fourth-order valence-electron chi connectivity index (χ4n) is 3.10. The molecule has 1 atom stereocenters. The van der Waals surface area contributed by atoms with E-state index < -0.39 is 0 Å². The van der Waals surface area contributed by atoms with Crippen LogP contribution in [0.2, 0.25) is 0 Å². The maximum atomic E-state index is 14.2. The van der Waals surface area contributed by atoms with Crippen molar-refractivity contribution in [1.29, 1.82) is 0 Å². The van der Waals surface area contributed by atoms with Crippen molar-refractivity contribution in [3.8, 4) is 17.0 Å². The van der Waals surface area contributed by atoms with Gasteiger partial charge in [-0.2, -0.15) is 0 Å². The molecule has 4 heteroatoms. The van der Waals surface area contributed by atoms with E-state index in [0.29, 0.717) is 17.5 Å². The van der Waals surface area contributed by atoms with Crippen LogP contribution >= 0.6 is 0 Å². The molecule has 2 heterocycles. The number of halogens is 1. The summed E-state index contributed by atoms with van der Waals surface area (Å²) in [5.74, 6) is 0.114. The van der Waals surface area contributed by atoms with Crippen molar-refractivity contribution >= 4 is 0 Å². The molecule has 0 spiro atoms. The summed E-state index contributed by atoms with van der Waals surface area (Å²) in [5, 5.41) is 0. The van der Waals surface area contributed by atoms with Crippen LogP contribution in [0.15, 0.2) is 36.5 Å². The molecule has 0 amide bonds. The van der Waals surface area contributed by atoms with Crippen LogP contribution in [-0.2, 0) is 6.54 Å². The summed E-state index contributed by atoms with van der Waals surface area (Å²) < 4.78 is 19.4. The van der Waals surface area contributed by atoms with Crippen LogP contribution in [-0.4, -0.2) is 29.6 Å². The maximum absolute atomic E-state index is 14.2. The Bertz CT molecular complexity index is 659. The molecule has 0 N–H and O–H groups in total. The fourth-order valence-corrected chi connectivity index (χ4v) is 3.10. The van der Waals surface area contributed by atoms with Crippen LogP contribution in [0.3, 0.4) is 0 Å². The fraction of sp³-hybridized carbons (Fsp3) is 0.389. The highest BCUT2D eigenvalue weighted by molar-refractivity contribution is 5.68. The van der Waals surface area contributed by atoms with E-state index in [-0.39, 0.29) is 5.82 Å². The van der Waals surface area contributed by atoms with Gasteiger partial charge in [0.2, 0.25) is 5.88 Å². The third-order valence-corrected chi connectivity index (χ3v) is 4.41. The van der Waals surface area contributed by atoms with Gasteiger partial charge in [-0.3, -0.25) is 4.90 Å². The van der Waals surface area contributed by atoms with Gasteiger partial charge in [-0.1, -0.05) is 24.3 Å². The molecule has 2 aromatic rings. The lowest BCUT2D eigenvalue weighted by molar-refractivity contribution is 0.260. The SMILES string of the molecule is COc1cc(-c2ccccc2CN2CCC[C@H]2C)c(F)cn1. The van der Waals surface area contributed by atoms with Gasteiger partial charge in [0.05, 0.1) is 13.3 Å². The lowest BCUT2D eigenvalue weighted by Crippen LogP contribution is -2.26. The maximum Gasteiger partial charge on any atom is 0.213 e. The quantitative estimate of drug-likeness (QED) is 0.857. The molecule has 1 saturated heterocycles. The normalized spacial score (nSPS) is 18.6. The van der Waals surface area contributed by atoms with E-state index in [2.05, 4.69) is 22.9 Å². The van der Waals surface area contributed by atoms with Gasteiger partial charge in [-0.15, -0.1) is 0 Å². The second-order valence-corrected chi connectivity index (χ2v) is 5.83. The zero-order valence-electron chi connectivity index (χ0n) is 13.1. The lowest BCUT2D eigenvalue weighted by atomic mass is 9.99. The van der Waals surface area contributed by atoms with Crippen LogP contribution in [0.1, 0.15) is 25.3 Å². The van der Waals surface area contributed by atoms with Crippen molar-refractivity contribution in [3.05, 3.63) is 47.9 Å². The molecule has 0 unspecified atom stereocenters. The van der Waals surface area contributed by atoms with Gasteiger partial charge in [0.25, 0.3) is 0 Å². The average molecular weight is 300 g/mol. The van der Waals surface area contributed by atoms with Crippen LogP contribution < -0.4 is 4.74 Å². The summed E-state index contributed by atoms with van der Waals surface area (Å²) in [6, 6.07) is 10.3. The van der Waals surface area contributed by atoms with E-state index in [0.717, 1.165) is 24.2 Å². The largest absolute Gasteiger partial charge is 0.481 e. The number of nitrogens with zero attached hydrogens (tertiary/aromatic N) is 2. The number of benzene rings is 1. The second kappa shape index (κ2) is 6.44. The highest BCUT2D eigenvalue weighted by Gasteiger charge is 2.21. The third-order valence-electron chi connectivity index (χ3n) is 4.41. The predicted molar refractivity (Wildman–Crippen MR) is 85.3 cm³/mol. The van der Waals surface area contributed by atoms with Crippen molar-refractivity contribution < 1.29 is 9.13 Å². The molecular formula is C18H21FN2O. The molecule has 1 aliphatic rings. The standard InChI is InChI=1S/C18H21FN2O/c1-13-6-5-9-21(13)12-14-7-3-4-8-15(14)16-10-18(22-2)20-11-17(16)19/h3-4,7-8,10-11,13H,5-6,9,12H2,1-2H3/t13-/m1/s1. The average Bonchev–Trinajstić information content (AvgIpc) is 2.94. The number of pyridine rings is 1. The first-order valence-electron chi connectivity index (χ1n) is 7.71. The molecule has 0 bridgehead atoms. The van der Waals surface area contributed by atoms with Crippen LogP contribution in [0.25, 0.3) is 11.1 Å². The van der Waals surface area contributed by atoms with Crippen molar-refractivity contribution in [2.75, 3.05) is 13.7 Å². The van der Waals surface area contributed by atoms with E-state index in [4.69, 9.17) is 4.74 Å². The summed E-state index contributed by atoms with van der Waals surface area (Å²) in [4.78, 5) is 6.37. The Hall–Kier alpha value is -1.94. The predicted octanol–water partition coefficient (Wildman–Crippen LogP) is 3.88. The second-order valence-electron chi connectivity index (χ2n) is 5.83. The Morgan fingerprint density at radius 1 is 1.32 bits per heavy atom. The van der Waals surface area contributed by atoms with Crippen molar-refractivity contribution in [2.24, 2.45) is 0 Å². The van der Waals surface area contributed by atoms with E-state index in [1.54, 1.807) is 13.2 Å². The Labute approximate surface area is 130 Å². The highest BCUT2D eigenvalue weighted by atomic mass is 19.1. The van der Waals surface area contributed by atoms with Gasteiger partial charge < -0.3 is 4.74 Å². The summed E-state index contributed by atoms with van der Waals surface area (Å²) in [6.07, 6.45) is 3.70. The lowest BCUT2D eigenvalue weighted by Gasteiger charge is -2.22. The number of rotatable bonds is 4. The number of methoxy groups -OCH3 is 1. The highest BCUT2D eigenvalue weighted by Crippen LogP contribution is 2.30. The van der Waals surface area contributed by atoms with Crippen molar-refractivity contribution in [2.45, 2.75) is 32.4 Å². The molecule has 1 aliphatic heterocycles. The van der Waals surface area contributed by atoms with Gasteiger partial charge in [-0.25, -0.2) is 9.37 Å². The molecule has 0 radical (unpaired) electrons. The van der Waals surface area contributed by atoms with E-state index in [1.165, 1.54) is 19.0 Å². The first-order chi connectivity index (χ1) is 10.7. The molecule has 0 saturated carbocycles. The summed E-state index contributed by atoms with van der Waals surface area (Å²) in [7, 11) is 1.54. The van der Waals surface area contributed by atoms with Gasteiger partial charge >= 0.3 is 0 Å². The topological polar surface area (TPSA) is 25.4 Å². The molecule has 1 aromatic heterocycles.